The van der Waals surface area contributed by atoms with Gasteiger partial charge in [-0.2, -0.15) is 0 Å². The van der Waals surface area contributed by atoms with Gasteiger partial charge in [-0.25, -0.2) is 0 Å². The van der Waals surface area contributed by atoms with Gasteiger partial charge in [-0.05, 0) is 6.42 Å². The third kappa shape index (κ3) is 6.76. The summed E-state index contributed by atoms with van der Waals surface area (Å²) in [4.78, 5) is 11.3. The quantitative estimate of drug-likeness (QED) is 0.545. The van der Waals surface area contributed by atoms with E-state index in [1.54, 1.807) is 7.11 Å². The van der Waals surface area contributed by atoms with Gasteiger partial charge in [-0.3, -0.25) is 4.79 Å². The van der Waals surface area contributed by atoms with Crippen molar-refractivity contribution in [1.82, 2.24) is 0 Å². The van der Waals surface area contributed by atoms with Crippen molar-refractivity contribution in [2.45, 2.75) is 46.0 Å². The maximum absolute atomic E-state index is 11.3. The Balaban J connectivity index is 3.38. The number of rotatable bonds is 8. The van der Waals surface area contributed by atoms with Crippen LogP contribution in [-0.2, 0) is 9.53 Å². The maximum Gasteiger partial charge on any atom is 0.161 e. The first-order valence-electron chi connectivity index (χ1n) is 5.24. The second kappa shape index (κ2) is 8.24. The molecule has 0 amide bonds. The Morgan fingerprint density at radius 2 is 2.00 bits per heavy atom. The van der Waals surface area contributed by atoms with E-state index in [-0.39, 0.29) is 18.3 Å². The largest absolute Gasteiger partial charge is 0.377 e. The highest BCUT2D eigenvalue weighted by molar-refractivity contribution is 5.81. The van der Waals surface area contributed by atoms with Crippen molar-refractivity contribution in [3.63, 3.8) is 0 Å². The van der Waals surface area contributed by atoms with Gasteiger partial charge in [-0.1, -0.05) is 39.5 Å². The van der Waals surface area contributed by atoms with E-state index in [9.17, 15) is 4.79 Å². The molecule has 0 aliphatic heterocycles. The fraction of sp³-hybridized carbons (Fsp3) is 0.909. The van der Waals surface area contributed by atoms with E-state index in [4.69, 9.17) is 4.74 Å². The minimum Gasteiger partial charge on any atom is -0.377 e. The highest BCUT2D eigenvalue weighted by Crippen LogP contribution is 2.11. The molecule has 1 atom stereocenters. The molecule has 0 saturated carbocycles. The predicted molar refractivity (Wildman–Crippen MR) is 54.8 cm³/mol. The van der Waals surface area contributed by atoms with Crippen molar-refractivity contribution in [1.29, 1.82) is 0 Å². The molecule has 2 nitrogen and oxygen atoms in total. The van der Waals surface area contributed by atoms with Gasteiger partial charge in [-0.15, -0.1) is 0 Å². The van der Waals surface area contributed by atoms with Gasteiger partial charge < -0.3 is 4.74 Å². The van der Waals surface area contributed by atoms with Crippen LogP contribution in [0.1, 0.15) is 46.0 Å². The van der Waals surface area contributed by atoms with Crippen molar-refractivity contribution in [2.24, 2.45) is 5.92 Å². The number of carbonyl (C=O) groups excluding carboxylic acids is 1. The molecule has 13 heavy (non-hydrogen) atoms. The first-order chi connectivity index (χ1) is 6.22. The number of ketones is 1. The van der Waals surface area contributed by atoms with Crippen LogP contribution < -0.4 is 0 Å². The Kier molecular flexibility index (Phi) is 8.00. The zero-order chi connectivity index (χ0) is 10.1. The SMILES string of the molecule is CCCCCCC(C)C(=O)COC. The molecule has 0 aromatic carbocycles. The second-order valence-electron chi connectivity index (χ2n) is 3.65. The van der Waals surface area contributed by atoms with Crippen LogP contribution in [0.3, 0.4) is 0 Å². The smallest absolute Gasteiger partial charge is 0.161 e. The lowest BCUT2D eigenvalue weighted by Crippen LogP contribution is -2.16. The monoisotopic (exact) mass is 186 g/mol. The van der Waals surface area contributed by atoms with Crippen LogP contribution in [0.2, 0.25) is 0 Å². The summed E-state index contributed by atoms with van der Waals surface area (Å²) in [5.41, 5.74) is 0. The molecule has 0 bridgehead atoms. The van der Waals surface area contributed by atoms with E-state index in [1.807, 2.05) is 6.92 Å². The molecule has 0 aliphatic carbocycles. The molecule has 0 heterocycles. The predicted octanol–water partition coefficient (Wildman–Crippen LogP) is 2.81. The van der Waals surface area contributed by atoms with Crippen molar-refractivity contribution in [2.75, 3.05) is 13.7 Å². The summed E-state index contributed by atoms with van der Waals surface area (Å²) in [6.45, 7) is 4.46. The number of hydrogen-bond acceptors (Lipinski definition) is 2. The van der Waals surface area contributed by atoms with Gasteiger partial charge in [0.05, 0.1) is 0 Å². The number of Topliss-reactive ketones (excluding diaryl/α,β-unsaturated/α-hetero) is 1. The van der Waals surface area contributed by atoms with Gasteiger partial charge in [0.15, 0.2) is 5.78 Å². The summed E-state index contributed by atoms with van der Waals surface area (Å²) >= 11 is 0. The first-order valence-corrected chi connectivity index (χ1v) is 5.24. The van der Waals surface area contributed by atoms with Crippen molar-refractivity contribution >= 4 is 5.78 Å². The third-order valence-corrected chi connectivity index (χ3v) is 2.33. The molecule has 0 N–H and O–H groups in total. The Morgan fingerprint density at radius 1 is 1.31 bits per heavy atom. The molecule has 2 heteroatoms. The first kappa shape index (κ1) is 12.6. The highest BCUT2D eigenvalue weighted by atomic mass is 16.5. The number of hydrogen-bond donors (Lipinski definition) is 0. The van der Waals surface area contributed by atoms with E-state index in [2.05, 4.69) is 6.92 Å². The Bertz CT molecular complexity index is 132. The van der Waals surface area contributed by atoms with E-state index in [0.29, 0.717) is 0 Å². The van der Waals surface area contributed by atoms with Gasteiger partial charge in [0, 0.05) is 13.0 Å². The standard InChI is InChI=1S/C11H22O2/c1-4-5-6-7-8-10(2)11(12)9-13-3/h10H,4-9H2,1-3H3. The average molecular weight is 186 g/mol. The van der Waals surface area contributed by atoms with Gasteiger partial charge in [0.25, 0.3) is 0 Å². The zero-order valence-corrected chi connectivity index (χ0v) is 9.14. The van der Waals surface area contributed by atoms with E-state index >= 15 is 0 Å². The van der Waals surface area contributed by atoms with Crippen LogP contribution in [0.15, 0.2) is 0 Å². The lowest BCUT2D eigenvalue weighted by Gasteiger charge is -2.08. The summed E-state index contributed by atoms with van der Waals surface area (Å²) < 4.78 is 4.80. The second-order valence-corrected chi connectivity index (χ2v) is 3.65. The Morgan fingerprint density at radius 3 is 2.54 bits per heavy atom. The third-order valence-electron chi connectivity index (χ3n) is 2.33. The highest BCUT2D eigenvalue weighted by Gasteiger charge is 2.11. The average Bonchev–Trinajstić information content (AvgIpc) is 2.12. The lowest BCUT2D eigenvalue weighted by atomic mass is 9.99. The van der Waals surface area contributed by atoms with Gasteiger partial charge in [0.1, 0.15) is 6.61 Å². The number of unbranched alkanes of at least 4 members (excludes halogenated alkanes) is 3. The number of ether oxygens (including phenoxy) is 1. The van der Waals surface area contributed by atoms with Crippen LogP contribution >= 0.6 is 0 Å². The molecule has 0 radical (unpaired) electrons. The molecule has 0 saturated heterocycles. The van der Waals surface area contributed by atoms with E-state index < -0.39 is 0 Å². The summed E-state index contributed by atoms with van der Waals surface area (Å²) in [5, 5.41) is 0. The molecule has 0 aromatic rings. The van der Waals surface area contributed by atoms with Crippen molar-refractivity contribution in [3.8, 4) is 0 Å². The molecule has 0 aliphatic rings. The lowest BCUT2D eigenvalue weighted by molar-refractivity contribution is -0.126. The fourth-order valence-electron chi connectivity index (χ4n) is 1.32. The molecule has 0 spiro atoms. The van der Waals surface area contributed by atoms with Crippen LogP contribution in [0, 0.1) is 5.92 Å². The molecule has 1 unspecified atom stereocenters. The van der Waals surface area contributed by atoms with Crippen molar-refractivity contribution in [3.05, 3.63) is 0 Å². The summed E-state index contributed by atoms with van der Waals surface area (Å²) in [6.07, 6.45) is 5.97. The Hall–Kier alpha value is -0.370. The van der Waals surface area contributed by atoms with Crippen LogP contribution in [0.25, 0.3) is 0 Å². The molecule has 78 valence electrons. The number of methoxy groups -OCH3 is 1. The van der Waals surface area contributed by atoms with Gasteiger partial charge >= 0.3 is 0 Å². The summed E-state index contributed by atoms with van der Waals surface area (Å²) in [7, 11) is 1.57. The summed E-state index contributed by atoms with van der Waals surface area (Å²) in [6, 6.07) is 0. The van der Waals surface area contributed by atoms with Crippen LogP contribution in [0.5, 0.6) is 0 Å². The van der Waals surface area contributed by atoms with Crippen LogP contribution in [-0.4, -0.2) is 19.5 Å². The summed E-state index contributed by atoms with van der Waals surface area (Å²) in [5.74, 6) is 0.413. The Labute approximate surface area is 81.7 Å². The molecular formula is C11H22O2. The normalized spacial score (nSPS) is 12.8. The van der Waals surface area contributed by atoms with Crippen LogP contribution in [0.4, 0.5) is 0 Å². The maximum atomic E-state index is 11.3. The molecular weight excluding hydrogens is 164 g/mol. The van der Waals surface area contributed by atoms with E-state index in [0.717, 1.165) is 6.42 Å². The van der Waals surface area contributed by atoms with E-state index in [1.165, 1.54) is 25.7 Å². The zero-order valence-electron chi connectivity index (χ0n) is 9.14. The topological polar surface area (TPSA) is 26.3 Å². The minimum absolute atomic E-state index is 0.178. The van der Waals surface area contributed by atoms with Gasteiger partial charge in [0.2, 0.25) is 0 Å². The molecule has 0 fully saturated rings. The molecule has 0 aromatic heterocycles. The number of carbonyl (C=O) groups is 1. The fourth-order valence-corrected chi connectivity index (χ4v) is 1.32. The molecule has 0 rings (SSSR count). The van der Waals surface area contributed by atoms with Crippen molar-refractivity contribution < 1.29 is 9.53 Å². The minimum atomic E-state index is 0.178.